The van der Waals surface area contributed by atoms with Gasteiger partial charge in [-0.1, -0.05) is 30.4 Å². The molecule has 0 bridgehead atoms. The van der Waals surface area contributed by atoms with Crippen LogP contribution in [-0.2, 0) is 9.53 Å². The Morgan fingerprint density at radius 3 is 2.40 bits per heavy atom. The van der Waals surface area contributed by atoms with Crippen LogP contribution in [0.2, 0.25) is 0 Å². The number of amides is 1. The van der Waals surface area contributed by atoms with Crippen LogP contribution < -0.4 is 19.5 Å². The third-order valence-electron chi connectivity index (χ3n) is 5.53. The molecule has 0 aliphatic heterocycles. The number of halogens is 3. The van der Waals surface area contributed by atoms with Crippen LogP contribution in [-0.4, -0.2) is 45.1 Å². The maximum absolute atomic E-state index is 12.9. The van der Waals surface area contributed by atoms with Gasteiger partial charge in [0, 0.05) is 6.04 Å². The molecule has 1 aliphatic carbocycles. The van der Waals surface area contributed by atoms with Gasteiger partial charge in [-0.05, 0) is 49.1 Å². The van der Waals surface area contributed by atoms with Crippen LogP contribution >= 0.6 is 0 Å². The van der Waals surface area contributed by atoms with Gasteiger partial charge in [0.15, 0.2) is 11.5 Å². The summed E-state index contributed by atoms with van der Waals surface area (Å²) < 4.78 is 58.0. The molecule has 0 spiro atoms. The van der Waals surface area contributed by atoms with Crippen LogP contribution in [0, 0.1) is 5.92 Å². The monoisotopic (exact) mass is 493 g/mol. The summed E-state index contributed by atoms with van der Waals surface area (Å²) >= 11 is 0. The highest BCUT2D eigenvalue weighted by Crippen LogP contribution is 2.38. The molecule has 7 nitrogen and oxygen atoms in total. The lowest BCUT2D eigenvalue weighted by molar-refractivity contribution is -0.274. The normalized spacial score (nSPS) is 18.0. The van der Waals surface area contributed by atoms with Gasteiger partial charge in [-0.2, -0.15) is 0 Å². The first kappa shape index (κ1) is 25.9. The van der Waals surface area contributed by atoms with Crippen molar-refractivity contribution in [2.24, 2.45) is 5.92 Å². The third kappa shape index (κ3) is 6.46. The number of hydrogen-bond donors (Lipinski definition) is 1. The molecule has 10 heteroatoms. The van der Waals surface area contributed by atoms with E-state index in [1.807, 2.05) is 0 Å². The van der Waals surface area contributed by atoms with Crippen LogP contribution in [0.3, 0.4) is 0 Å². The molecule has 3 rings (SSSR count). The number of nitrogens with one attached hydrogen (secondary N) is 1. The number of hydrogen-bond acceptors (Lipinski definition) is 6. The first-order valence-electron chi connectivity index (χ1n) is 10.9. The molecule has 35 heavy (non-hydrogen) atoms. The van der Waals surface area contributed by atoms with E-state index in [2.05, 4.69) is 10.1 Å². The van der Waals surface area contributed by atoms with Crippen molar-refractivity contribution in [3.8, 4) is 17.2 Å². The zero-order valence-electron chi connectivity index (χ0n) is 19.4. The van der Waals surface area contributed by atoms with E-state index in [9.17, 15) is 22.8 Å². The average molecular weight is 493 g/mol. The lowest BCUT2D eigenvalue weighted by Crippen LogP contribution is -2.34. The topological polar surface area (TPSA) is 83.1 Å². The van der Waals surface area contributed by atoms with Crippen LogP contribution in [0.25, 0.3) is 0 Å². The van der Waals surface area contributed by atoms with E-state index in [0.29, 0.717) is 23.5 Å². The summed E-state index contributed by atoms with van der Waals surface area (Å²) in [5.41, 5.74) is 0.398. The Balaban J connectivity index is 1.78. The minimum atomic E-state index is -4.93. The lowest BCUT2D eigenvalue weighted by atomic mass is 9.85. The number of para-hydroxylation sites is 1. The van der Waals surface area contributed by atoms with Gasteiger partial charge >= 0.3 is 12.3 Å². The lowest BCUT2D eigenvalue weighted by Gasteiger charge is -2.23. The summed E-state index contributed by atoms with van der Waals surface area (Å²) in [5.74, 6) is -1.82. The number of esters is 1. The number of allylic oxidation sites excluding steroid dienone is 1. The van der Waals surface area contributed by atoms with Gasteiger partial charge in [-0.15, -0.1) is 13.2 Å². The predicted octanol–water partition coefficient (Wildman–Crippen LogP) is 4.62. The van der Waals surface area contributed by atoms with Crippen LogP contribution in [0.4, 0.5) is 13.2 Å². The second-order valence-electron chi connectivity index (χ2n) is 7.75. The Labute approximate surface area is 200 Å². The molecule has 3 unspecified atom stereocenters. The fraction of sp³-hybridized carbons (Fsp3) is 0.360. The van der Waals surface area contributed by atoms with Crippen molar-refractivity contribution in [1.82, 2.24) is 5.32 Å². The molecular formula is C25H26F3NO6. The van der Waals surface area contributed by atoms with E-state index in [-0.39, 0.29) is 18.1 Å². The summed E-state index contributed by atoms with van der Waals surface area (Å²) in [4.78, 5) is 25.6. The Bertz CT molecular complexity index is 1090. The van der Waals surface area contributed by atoms with Gasteiger partial charge in [0.05, 0.1) is 32.3 Å². The second kappa shape index (κ2) is 11.2. The molecule has 0 radical (unpaired) electrons. The summed E-state index contributed by atoms with van der Waals surface area (Å²) in [5, 5.41) is 2.70. The quantitative estimate of drug-likeness (QED) is 0.405. The molecule has 0 saturated carbocycles. The Morgan fingerprint density at radius 1 is 1.03 bits per heavy atom. The highest BCUT2D eigenvalue weighted by molar-refractivity contribution is 5.97. The van der Waals surface area contributed by atoms with Gasteiger partial charge in [-0.25, -0.2) is 0 Å². The number of rotatable bonds is 9. The maximum Gasteiger partial charge on any atom is 0.573 e. The molecule has 188 valence electrons. The first-order chi connectivity index (χ1) is 16.7. The molecule has 1 amide bonds. The highest BCUT2D eigenvalue weighted by atomic mass is 19.4. The van der Waals surface area contributed by atoms with Gasteiger partial charge < -0.3 is 24.3 Å². The molecule has 2 aromatic rings. The predicted molar refractivity (Wildman–Crippen MR) is 121 cm³/mol. The van der Waals surface area contributed by atoms with E-state index in [1.54, 1.807) is 37.3 Å². The van der Waals surface area contributed by atoms with Crippen LogP contribution in [0.5, 0.6) is 17.2 Å². The van der Waals surface area contributed by atoms with E-state index < -0.39 is 35.9 Å². The fourth-order valence-corrected chi connectivity index (χ4v) is 4.03. The second-order valence-corrected chi connectivity index (χ2v) is 7.75. The van der Waals surface area contributed by atoms with Gasteiger partial charge in [0.25, 0.3) is 5.91 Å². The number of methoxy groups -OCH3 is 2. The number of carbonyl (C=O) groups excluding carboxylic acids is 2. The summed E-state index contributed by atoms with van der Waals surface area (Å²) in [7, 11) is 2.99. The largest absolute Gasteiger partial charge is 0.573 e. The Kier molecular flexibility index (Phi) is 8.26. The SMILES string of the molecule is CCOC(=O)C(c1ccc(OC)c(OC)c1)C1C=CC(NC(=O)c2ccccc2OC(F)(F)F)C1. The molecule has 0 heterocycles. The zero-order valence-corrected chi connectivity index (χ0v) is 19.4. The summed E-state index contributed by atoms with van der Waals surface area (Å²) in [6.07, 6.45) is -1.09. The minimum Gasteiger partial charge on any atom is -0.493 e. The number of ether oxygens (including phenoxy) is 4. The van der Waals surface area contributed by atoms with Crippen molar-refractivity contribution in [3.63, 3.8) is 0 Å². The molecule has 1 aliphatic rings. The van der Waals surface area contributed by atoms with Crippen LogP contribution in [0.1, 0.15) is 35.2 Å². The Hall–Kier alpha value is -3.69. The van der Waals surface area contributed by atoms with Crippen molar-refractivity contribution < 1.29 is 41.7 Å². The van der Waals surface area contributed by atoms with Crippen molar-refractivity contribution in [3.05, 3.63) is 65.7 Å². The Morgan fingerprint density at radius 2 is 1.74 bits per heavy atom. The van der Waals surface area contributed by atoms with Gasteiger partial charge in [0.1, 0.15) is 5.75 Å². The number of alkyl halides is 3. The molecule has 1 N–H and O–H groups in total. The fourth-order valence-electron chi connectivity index (χ4n) is 4.03. The highest BCUT2D eigenvalue weighted by Gasteiger charge is 2.36. The van der Waals surface area contributed by atoms with Crippen molar-refractivity contribution in [2.75, 3.05) is 20.8 Å². The van der Waals surface area contributed by atoms with E-state index >= 15 is 0 Å². The van der Waals surface area contributed by atoms with E-state index in [4.69, 9.17) is 14.2 Å². The van der Waals surface area contributed by atoms with Crippen molar-refractivity contribution >= 4 is 11.9 Å². The van der Waals surface area contributed by atoms with E-state index in [0.717, 1.165) is 6.07 Å². The molecular weight excluding hydrogens is 467 g/mol. The zero-order chi connectivity index (χ0) is 25.6. The minimum absolute atomic E-state index is 0.190. The molecule has 0 aromatic heterocycles. The molecule has 2 aromatic carbocycles. The third-order valence-corrected chi connectivity index (χ3v) is 5.53. The van der Waals surface area contributed by atoms with E-state index in [1.165, 1.54) is 32.4 Å². The average Bonchev–Trinajstić information content (AvgIpc) is 3.26. The van der Waals surface area contributed by atoms with Crippen molar-refractivity contribution in [2.45, 2.75) is 31.7 Å². The van der Waals surface area contributed by atoms with Gasteiger partial charge in [0.2, 0.25) is 0 Å². The number of carbonyl (C=O) groups is 2. The number of benzene rings is 2. The maximum atomic E-state index is 12.9. The smallest absolute Gasteiger partial charge is 0.493 e. The molecule has 3 atom stereocenters. The van der Waals surface area contributed by atoms with Crippen LogP contribution in [0.15, 0.2) is 54.6 Å². The van der Waals surface area contributed by atoms with Crippen molar-refractivity contribution in [1.29, 1.82) is 0 Å². The first-order valence-corrected chi connectivity index (χ1v) is 10.9. The summed E-state index contributed by atoms with van der Waals surface area (Å²) in [6, 6.07) is 9.73. The molecule has 0 saturated heterocycles. The van der Waals surface area contributed by atoms with Gasteiger partial charge in [-0.3, -0.25) is 9.59 Å². The molecule has 0 fully saturated rings. The standard InChI is InChI=1S/C25H26F3NO6/c1-4-34-24(31)22(16-10-12-20(32-2)21(14-16)33-3)15-9-11-17(13-15)29-23(30)18-7-5-6-8-19(18)35-25(26,27)28/h5-12,14-15,17,22H,4,13H2,1-3H3,(H,29,30). The summed E-state index contributed by atoms with van der Waals surface area (Å²) in [6.45, 7) is 1.90.